The fourth-order valence-electron chi connectivity index (χ4n) is 2.96. The van der Waals surface area contributed by atoms with Gasteiger partial charge >= 0.3 is 0 Å². The third kappa shape index (κ3) is 3.49. The van der Waals surface area contributed by atoms with Crippen LogP contribution in [0.3, 0.4) is 0 Å². The van der Waals surface area contributed by atoms with Crippen molar-refractivity contribution < 1.29 is 14.3 Å². The molecule has 2 aromatic carbocycles. The first-order valence-corrected chi connectivity index (χ1v) is 8.19. The largest absolute Gasteiger partial charge is 0.497 e. The zero-order chi connectivity index (χ0) is 17.3. The van der Waals surface area contributed by atoms with E-state index in [9.17, 15) is 4.79 Å². The normalized spacial score (nSPS) is 18.2. The van der Waals surface area contributed by atoms with E-state index in [0.29, 0.717) is 17.0 Å². The maximum Gasteiger partial charge on any atom is 0.251 e. The molecule has 0 saturated heterocycles. The summed E-state index contributed by atoms with van der Waals surface area (Å²) in [6.45, 7) is 4.03. The fourth-order valence-corrected chi connectivity index (χ4v) is 3.15. The number of halogens is 1. The monoisotopic (exact) mass is 345 g/mol. The number of methoxy groups -OCH3 is 1. The van der Waals surface area contributed by atoms with Crippen LogP contribution in [-0.4, -0.2) is 18.6 Å². The predicted octanol–water partition coefficient (Wildman–Crippen LogP) is 4.38. The van der Waals surface area contributed by atoms with E-state index < -0.39 is 0 Å². The molecular formula is C19H20ClNO3. The number of nitrogens with one attached hydrogen (secondary N) is 1. The molecule has 0 fully saturated rings. The van der Waals surface area contributed by atoms with Crippen LogP contribution in [0.4, 0.5) is 0 Å². The van der Waals surface area contributed by atoms with Crippen molar-refractivity contribution in [2.75, 3.05) is 7.11 Å². The Labute approximate surface area is 146 Å². The number of fused-ring (bicyclic) bond motifs is 1. The summed E-state index contributed by atoms with van der Waals surface area (Å²) >= 11 is 5.98. The molecular weight excluding hydrogens is 326 g/mol. The van der Waals surface area contributed by atoms with E-state index in [1.807, 2.05) is 32.0 Å². The van der Waals surface area contributed by atoms with Crippen LogP contribution in [0.15, 0.2) is 42.5 Å². The van der Waals surface area contributed by atoms with Crippen LogP contribution in [-0.2, 0) is 0 Å². The van der Waals surface area contributed by atoms with Gasteiger partial charge in [0, 0.05) is 22.6 Å². The second kappa shape index (κ2) is 6.36. The van der Waals surface area contributed by atoms with Crippen LogP contribution in [0.5, 0.6) is 11.5 Å². The Balaban J connectivity index is 1.91. The van der Waals surface area contributed by atoms with E-state index >= 15 is 0 Å². The maximum atomic E-state index is 12.6. The zero-order valence-electron chi connectivity index (χ0n) is 13.9. The molecule has 0 spiro atoms. The average Bonchev–Trinajstić information content (AvgIpc) is 2.53. The van der Waals surface area contributed by atoms with Crippen molar-refractivity contribution in [2.45, 2.75) is 31.9 Å². The first-order valence-electron chi connectivity index (χ1n) is 7.81. The Morgan fingerprint density at radius 3 is 2.79 bits per heavy atom. The predicted molar refractivity (Wildman–Crippen MR) is 94.0 cm³/mol. The van der Waals surface area contributed by atoms with Gasteiger partial charge in [-0.05, 0) is 50.2 Å². The van der Waals surface area contributed by atoms with Crippen LogP contribution in [0, 0.1) is 0 Å². The number of benzene rings is 2. The lowest BCUT2D eigenvalue weighted by Crippen LogP contribution is -2.41. The minimum Gasteiger partial charge on any atom is -0.497 e. The van der Waals surface area contributed by atoms with Crippen LogP contribution in [0.1, 0.15) is 42.2 Å². The van der Waals surface area contributed by atoms with E-state index in [0.717, 1.165) is 17.1 Å². The van der Waals surface area contributed by atoms with Gasteiger partial charge in [0.05, 0.1) is 13.2 Å². The first kappa shape index (κ1) is 16.7. The maximum absolute atomic E-state index is 12.6. The Morgan fingerprint density at radius 2 is 2.08 bits per heavy atom. The minimum absolute atomic E-state index is 0.158. The molecule has 1 aliphatic heterocycles. The molecule has 3 rings (SSSR count). The second-order valence-corrected chi connectivity index (χ2v) is 6.94. The van der Waals surface area contributed by atoms with Crippen LogP contribution < -0.4 is 14.8 Å². The van der Waals surface area contributed by atoms with E-state index in [1.165, 1.54) is 0 Å². The lowest BCUT2D eigenvalue weighted by Gasteiger charge is -2.38. The van der Waals surface area contributed by atoms with Gasteiger partial charge in [-0.3, -0.25) is 4.79 Å². The van der Waals surface area contributed by atoms with E-state index in [2.05, 4.69) is 5.32 Å². The van der Waals surface area contributed by atoms with Gasteiger partial charge in [-0.2, -0.15) is 0 Å². The van der Waals surface area contributed by atoms with Crippen LogP contribution in [0.25, 0.3) is 0 Å². The Bertz CT molecular complexity index is 773. The molecule has 1 amide bonds. The van der Waals surface area contributed by atoms with E-state index in [4.69, 9.17) is 21.1 Å². The highest BCUT2D eigenvalue weighted by molar-refractivity contribution is 6.30. The van der Waals surface area contributed by atoms with Gasteiger partial charge in [0.2, 0.25) is 0 Å². The molecule has 1 aliphatic rings. The quantitative estimate of drug-likeness (QED) is 0.898. The van der Waals surface area contributed by atoms with Gasteiger partial charge in [0.1, 0.15) is 17.1 Å². The summed E-state index contributed by atoms with van der Waals surface area (Å²) < 4.78 is 11.3. The van der Waals surface area contributed by atoms with Gasteiger partial charge in [-0.25, -0.2) is 0 Å². The lowest BCUT2D eigenvalue weighted by molar-refractivity contribution is 0.0618. The third-order valence-electron chi connectivity index (χ3n) is 4.07. The minimum atomic E-state index is -0.367. The number of hydrogen-bond acceptors (Lipinski definition) is 3. The van der Waals surface area contributed by atoms with E-state index in [1.54, 1.807) is 31.4 Å². The molecule has 4 nitrogen and oxygen atoms in total. The summed E-state index contributed by atoms with van der Waals surface area (Å²) in [6.07, 6.45) is 0.666. The molecule has 0 bridgehead atoms. The number of ether oxygens (including phenoxy) is 2. The molecule has 0 saturated carbocycles. The highest BCUT2D eigenvalue weighted by Gasteiger charge is 2.35. The van der Waals surface area contributed by atoms with Crippen molar-refractivity contribution in [3.8, 4) is 11.5 Å². The fraction of sp³-hybridized carbons (Fsp3) is 0.316. The molecule has 1 N–H and O–H groups in total. The van der Waals surface area contributed by atoms with Gasteiger partial charge in [0.25, 0.3) is 5.91 Å². The highest BCUT2D eigenvalue weighted by Crippen LogP contribution is 2.41. The standard InChI is InChI=1S/C19H20ClNO3/c1-19(2)11-16(15-10-14(23-3)7-8-17(15)24-19)21-18(22)12-5-4-6-13(20)9-12/h4-10,16H,11H2,1-3H3,(H,21,22)/t16-/m0/s1. The van der Waals surface area contributed by atoms with Crippen molar-refractivity contribution >= 4 is 17.5 Å². The summed E-state index contributed by atoms with van der Waals surface area (Å²) in [6, 6.07) is 12.4. The summed E-state index contributed by atoms with van der Waals surface area (Å²) in [5, 5.41) is 3.63. The van der Waals surface area contributed by atoms with Gasteiger partial charge in [-0.1, -0.05) is 17.7 Å². The molecule has 1 atom stereocenters. The number of amides is 1. The van der Waals surface area contributed by atoms with Crippen molar-refractivity contribution in [1.82, 2.24) is 5.32 Å². The number of carbonyl (C=O) groups excluding carboxylic acids is 1. The van der Waals surface area contributed by atoms with Gasteiger partial charge in [-0.15, -0.1) is 0 Å². The Kier molecular flexibility index (Phi) is 4.41. The molecule has 2 aromatic rings. The van der Waals surface area contributed by atoms with E-state index in [-0.39, 0.29) is 17.6 Å². The van der Waals surface area contributed by atoms with Crippen molar-refractivity contribution in [3.05, 3.63) is 58.6 Å². The summed E-state index contributed by atoms with van der Waals surface area (Å²) in [5.41, 5.74) is 1.09. The topological polar surface area (TPSA) is 47.6 Å². The Hall–Kier alpha value is -2.20. The average molecular weight is 346 g/mol. The van der Waals surface area contributed by atoms with Crippen LogP contribution >= 0.6 is 11.6 Å². The van der Waals surface area contributed by atoms with Gasteiger partial charge in [0.15, 0.2) is 0 Å². The van der Waals surface area contributed by atoms with Gasteiger partial charge < -0.3 is 14.8 Å². The molecule has 1 heterocycles. The molecule has 0 unspecified atom stereocenters. The molecule has 0 aromatic heterocycles. The molecule has 24 heavy (non-hydrogen) atoms. The summed E-state index contributed by atoms with van der Waals surface area (Å²) in [5.74, 6) is 1.34. The zero-order valence-corrected chi connectivity index (χ0v) is 14.7. The highest BCUT2D eigenvalue weighted by atomic mass is 35.5. The van der Waals surface area contributed by atoms with Crippen molar-refractivity contribution in [3.63, 3.8) is 0 Å². The third-order valence-corrected chi connectivity index (χ3v) is 4.30. The number of rotatable bonds is 3. The lowest BCUT2D eigenvalue weighted by atomic mass is 9.89. The Morgan fingerprint density at radius 1 is 1.29 bits per heavy atom. The molecule has 0 radical (unpaired) electrons. The molecule has 5 heteroatoms. The van der Waals surface area contributed by atoms with Crippen molar-refractivity contribution in [2.24, 2.45) is 0 Å². The smallest absolute Gasteiger partial charge is 0.251 e. The number of carbonyl (C=O) groups is 1. The first-order chi connectivity index (χ1) is 11.4. The summed E-state index contributed by atoms with van der Waals surface area (Å²) in [4.78, 5) is 12.6. The van der Waals surface area contributed by atoms with Crippen molar-refractivity contribution in [1.29, 1.82) is 0 Å². The SMILES string of the molecule is COc1ccc2c(c1)[C@@H](NC(=O)c1cccc(Cl)c1)CC(C)(C)O2. The molecule has 0 aliphatic carbocycles. The second-order valence-electron chi connectivity index (χ2n) is 6.51. The number of hydrogen-bond donors (Lipinski definition) is 1. The summed E-state index contributed by atoms with van der Waals surface area (Å²) in [7, 11) is 1.62. The van der Waals surface area contributed by atoms with Crippen LogP contribution in [0.2, 0.25) is 5.02 Å². The molecule has 126 valence electrons.